The number of benzene rings is 1. The fourth-order valence-corrected chi connectivity index (χ4v) is 3.28. The van der Waals surface area contributed by atoms with Crippen molar-refractivity contribution in [3.8, 4) is 0 Å². The van der Waals surface area contributed by atoms with Crippen LogP contribution in [-0.4, -0.2) is 36.5 Å². The number of fused-ring (bicyclic) bond motifs is 1. The Morgan fingerprint density at radius 1 is 1.25 bits per heavy atom. The molecule has 0 radical (unpaired) electrons. The Morgan fingerprint density at radius 3 is 2.50 bits per heavy atom. The third-order valence-electron chi connectivity index (χ3n) is 4.43. The molecule has 0 spiro atoms. The van der Waals surface area contributed by atoms with Crippen LogP contribution in [0.1, 0.15) is 17.3 Å². The van der Waals surface area contributed by atoms with E-state index in [4.69, 9.17) is 0 Å². The van der Waals surface area contributed by atoms with Gasteiger partial charge in [0.15, 0.2) is 17.5 Å². The normalized spacial score (nSPS) is 28.8. The van der Waals surface area contributed by atoms with Crippen molar-refractivity contribution in [2.45, 2.75) is 13.0 Å². The molecule has 6 heteroatoms. The first-order chi connectivity index (χ1) is 9.49. The summed E-state index contributed by atoms with van der Waals surface area (Å²) in [6, 6.07) is 1.54. The summed E-state index contributed by atoms with van der Waals surface area (Å²) in [6.45, 7) is 4.21. The van der Waals surface area contributed by atoms with E-state index < -0.39 is 23.4 Å². The van der Waals surface area contributed by atoms with Gasteiger partial charge in [0.05, 0.1) is 0 Å². The van der Waals surface area contributed by atoms with Crippen LogP contribution in [0.2, 0.25) is 0 Å². The number of nitrogens with one attached hydrogen (secondary N) is 1. The van der Waals surface area contributed by atoms with Crippen LogP contribution in [0.4, 0.5) is 13.2 Å². The van der Waals surface area contributed by atoms with E-state index in [1.54, 1.807) is 4.90 Å². The lowest BCUT2D eigenvalue weighted by molar-refractivity contribution is 0.0727. The van der Waals surface area contributed by atoms with Crippen LogP contribution < -0.4 is 5.32 Å². The third-order valence-corrected chi connectivity index (χ3v) is 4.43. The average molecular weight is 284 g/mol. The van der Waals surface area contributed by atoms with Crippen LogP contribution in [0.15, 0.2) is 12.1 Å². The van der Waals surface area contributed by atoms with Gasteiger partial charge in [0, 0.05) is 31.2 Å². The summed E-state index contributed by atoms with van der Waals surface area (Å²) in [4.78, 5) is 14.0. The molecule has 1 amide bonds. The van der Waals surface area contributed by atoms with Crippen molar-refractivity contribution in [3.63, 3.8) is 0 Å². The van der Waals surface area contributed by atoms with Crippen molar-refractivity contribution in [2.75, 3.05) is 19.6 Å². The molecule has 0 saturated carbocycles. The molecule has 1 aromatic carbocycles. The predicted molar refractivity (Wildman–Crippen MR) is 66.7 cm³/mol. The van der Waals surface area contributed by atoms with Gasteiger partial charge in [0.1, 0.15) is 0 Å². The highest BCUT2D eigenvalue weighted by molar-refractivity contribution is 5.94. The fraction of sp³-hybridized carbons (Fsp3) is 0.500. The molecule has 2 saturated heterocycles. The van der Waals surface area contributed by atoms with E-state index in [1.165, 1.54) is 0 Å². The maximum absolute atomic E-state index is 13.2. The monoisotopic (exact) mass is 284 g/mol. The number of likely N-dealkylation sites (tertiary alicyclic amines) is 1. The first-order valence-corrected chi connectivity index (χ1v) is 6.65. The van der Waals surface area contributed by atoms with Crippen LogP contribution in [0.3, 0.4) is 0 Å². The maximum atomic E-state index is 13.2. The molecule has 3 unspecified atom stereocenters. The number of amides is 1. The molecule has 3 rings (SSSR count). The van der Waals surface area contributed by atoms with Crippen molar-refractivity contribution in [1.29, 1.82) is 0 Å². The van der Waals surface area contributed by atoms with Crippen molar-refractivity contribution in [3.05, 3.63) is 35.1 Å². The summed E-state index contributed by atoms with van der Waals surface area (Å²) in [5, 5.41) is 3.27. The molecule has 0 bridgehead atoms. The van der Waals surface area contributed by atoms with Gasteiger partial charge in [-0.2, -0.15) is 0 Å². The third kappa shape index (κ3) is 1.98. The molecule has 0 aliphatic carbocycles. The number of hydrogen-bond donors (Lipinski definition) is 1. The highest BCUT2D eigenvalue weighted by Gasteiger charge is 2.43. The van der Waals surface area contributed by atoms with Crippen LogP contribution in [0, 0.1) is 29.3 Å². The molecule has 1 aromatic rings. The topological polar surface area (TPSA) is 32.3 Å². The molecule has 108 valence electrons. The van der Waals surface area contributed by atoms with Gasteiger partial charge < -0.3 is 10.2 Å². The van der Waals surface area contributed by atoms with Gasteiger partial charge in [0.2, 0.25) is 0 Å². The summed E-state index contributed by atoms with van der Waals surface area (Å²) in [5.41, 5.74) is -0.138. The molecule has 20 heavy (non-hydrogen) atoms. The van der Waals surface area contributed by atoms with Crippen LogP contribution in [0.25, 0.3) is 0 Å². The Hall–Kier alpha value is -1.56. The number of carbonyl (C=O) groups is 1. The Morgan fingerprint density at radius 2 is 1.90 bits per heavy atom. The van der Waals surface area contributed by atoms with Gasteiger partial charge in [-0.3, -0.25) is 4.79 Å². The van der Waals surface area contributed by atoms with Gasteiger partial charge in [-0.05, 0) is 30.9 Å². The van der Waals surface area contributed by atoms with Gasteiger partial charge in [-0.25, -0.2) is 13.2 Å². The second-order valence-electron chi connectivity index (χ2n) is 5.53. The molecule has 2 fully saturated rings. The molecule has 3 nitrogen and oxygen atoms in total. The molecule has 0 aromatic heterocycles. The predicted octanol–water partition coefficient (Wildman–Crippen LogP) is 1.78. The lowest BCUT2D eigenvalue weighted by Gasteiger charge is -2.24. The van der Waals surface area contributed by atoms with E-state index in [2.05, 4.69) is 5.32 Å². The number of rotatable bonds is 1. The minimum atomic E-state index is -1.54. The minimum absolute atomic E-state index is 0.0127. The van der Waals surface area contributed by atoms with E-state index in [0.29, 0.717) is 18.4 Å². The summed E-state index contributed by atoms with van der Waals surface area (Å²) < 4.78 is 39.4. The van der Waals surface area contributed by atoms with E-state index in [1.807, 2.05) is 6.92 Å². The van der Waals surface area contributed by atoms with E-state index >= 15 is 0 Å². The first kappa shape index (κ1) is 13.4. The van der Waals surface area contributed by atoms with Crippen LogP contribution in [0.5, 0.6) is 0 Å². The van der Waals surface area contributed by atoms with E-state index in [-0.39, 0.29) is 11.6 Å². The Kier molecular flexibility index (Phi) is 3.20. The summed E-state index contributed by atoms with van der Waals surface area (Å²) in [6.07, 6.45) is 0. The van der Waals surface area contributed by atoms with Crippen LogP contribution in [-0.2, 0) is 0 Å². The summed E-state index contributed by atoms with van der Waals surface area (Å²) in [5.74, 6) is -3.90. The van der Waals surface area contributed by atoms with Gasteiger partial charge in [-0.1, -0.05) is 0 Å². The second kappa shape index (κ2) is 4.77. The van der Waals surface area contributed by atoms with E-state index in [9.17, 15) is 18.0 Å². The highest BCUT2D eigenvalue weighted by Crippen LogP contribution is 2.33. The zero-order valence-electron chi connectivity index (χ0n) is 11.0. The van der Waals surface area contributed by atoms with Crippen molar-refractivity contribution >= 4 is 5.91 Å². The Labute approximate surface area is 114 Å². The molecule has 2 heterocycles. The first-order valence-electron chi connectivity index (χ1n) is 6.65. The van der Waals surface area contributed by atoms with Gasteiger partial charge in [-0.15, -0.1) is 0 Å². The molecule has 2 aliphatic rings. The molecular formula is C14H15F3N2O. The molecule has 1 N–H and O–H groups in total. The van der Waals surface area contributed by atoms with Crippen molar-refractivity contribution < 1.29 is 18.0 Å². The summed E-state index contributed by atoms with van der Waals surface area (Å²) >= 11 is 0. The largest absolute Gasteiger partial charge is 0.335 e. The minimum Gasteiger partial charge on any atom is -0.335 e. The fourth-order valence-electron chi connectivity index (χ4n) is 3.28. The van der Waals surface area contributed by atoms with E-state index in [0.717, 1.165) is 25.2 Å². The number of hydrogen-bond acceptors (Lipinski definition) is 2. The molecule has 3 atom stereocenters. The zero-order chi connectivity index (χ0) is 14.4. The van der Waals surface area contributed by atoms with Gasteiger partial charge >= 0.3 is 0 Å². The maximum Gasteiger partial charge on any atom is 0.254 e. The summed E-state index contributed by atoms with van der Waals surface area (Å²) in [7, 11) is 0. The average Bonchev–Trinajstić information content (AvgIpc) is 2.98. The number of nitrogens with zero attached hydrogens (tertiary/aromatic N) is 1. The lowest BCUT2D eigenvalue weighted by atomic mass is 9.95. The zero-order valence-corrected chi connectivity index (χ0v) is 11.0. The molecule has 2 aliphatic heterocycles. The van der Waals surface area contributed by atoms with Crippen molar-refractivity contribution in [1.82, 2.24) is 10.2 Å². The Balaban J connectivity index is 1.86. The van der Waals surface area contributed by atoms with Gasteiger partial charge in [0.25, 0.3) is 5.91 Å². The van der Waals surface area contributed by atoms with Crippen LogP contribution >= 0.6 is 0 Å². The lowest BCUT2D eigenvalue weighted by Crippen LogP contribution is -2.38. The Bertz CT molecular complexity index is 540. The second-order valence-corrected chi connectivity index (χ2v) is 5.53. The highest BCUT2D eigenvalue weighted by atomic mass is 19.2. The molecular weight excluding hydrogens is 269 g/mol. The quantitative estimate of drug-likeness (QED) is 0.797. The number of carbonyl (C=O) groups excluding carboxylic acids is 1. The number of halogens is 3. The van der Waals surface area contributed by atoms with Crippen molar-refractivity contribution in [2.24, 2.45) is 11.8 Å². The smallest absolute Gasteiger partial charge is 0.254 e. The SMILES string of the molecule is CC1C2CNCC2CN1C(=O)c1cc(F)c(F)c(F)c1. The standard InChI is InChI=1S/C14H15F3N2O/c1-7-10-5-18-4-9(10)6-19(7)14(20)8-2-11(15)13(17)12(16)3-8/h2-3,7,9-10,18H,4-6H2,1H3.